The molecule has 5 heteroatoms. The van der Waals surface area contributed by atoms with Crippen LogP contribution in [-0.2, 0) is 17.6 Å². The topological polar surface area (TPSA) is 46.1 Å². The number of fused-ring (bicyclic) bond motifs is 1. The second-order valence-electron chi connectivity index (χ2n) is 7.09. The number of aromatic nitrogens is 2. The summed E-state index contributed by atoms with van der Waals surface area (Å²) in [5.41, 5.74) is 3.96. The van der Waals surface area contributed by atoms with Gasteiger partial charge in [0.05, 0.1) is 0 Å². The van der Waals surface area contributed by atoms with Crippen LogP contribution < -0.4 is 0 Å². The van der Waals surface area contributed by atoms with Crippen molar-refractivity contribution in [3.63, 3.8) is 0 Å². The first-order chi connectivity index (χ1) is 12.1. The number of amides is 1. The van der Waals surface area contributed by atoms with E-state index in [1.165, 1.54) is 25.0 Å². The number of hydrogen-bond donors (Lipinski definition) is 0. The van der Waals surface area contributed by atoms with E-state index >= 15 is 0 Å². The van der Waals surface area contributed by atoms with E-state index in [2.05, 4.69) is 4.98 Å². The predicted octanol–water partition coefficient (Wildman–Crippen LogP) is 3.32. The molecule has 2 heterocycles. The first-order valence-corrected chi connectivity index (χ1v) is 9.00. The first kappa shape index (κ1) is 16.2. The molecule has 0 bridgehead atoms. The SMILES string of the molecule is Cc1nc(-c2ccc(F)cc2)nc2c1CCN(C(=O)CC1CC1)CC2. The van der Waals surface area contributed by atoms with Gasteiger partial charge in [-0.1, -0.05) is 0 Å². The summed E-state index contributed by atoms with van der Waals surface area (Å²) in [4.78, 5) is 23.7. The van der Waals surface area contributed by atoms with Crippen molar-refractivity contribution >= 4 is 5.91 Å². The van der Waals surface area contributed by atoms with E-state index in [9.17, 15) is 9.18 Å². The van der Waals surface area contributed by atoms with Crippen LogP contribution in [-0.4, -0.2) is 33.9 Å². The number of hydrogen-bond acceptors (Lipinski definition) is 3. The molecule has 0 atom stereocenters. The molecular weight excluding hydrogens is 317 g/mol. The average Bonchev–Trinajstić information content (AvgIpc) is 3.41. The minimum Gasteiger partial charge on any atom is -0.342 e. The van der Waals surface area contributed by atoms with E-state index in [0.29, 0.717) is 18.2 Å². The summed E-state index contributed by atoms with van der Waals surface area (Å²) in [6, 6.07) is 6.27. The summed E-state index contributed by atoms with van der Waals surface area (Å²) >= 11 is 0. The molecule has 130 valence electrons. The Balaban J connectivity index is 1.56. The van der Waals surface area contributed by atoms with Crippen molar-refractivity contribution in [3.05, 3.63) is 47.0 Å². The second-order valence-corrected chi connectivity index (χ2v) is 7.09. The number of carbonyl (C=O) groups is 1. The highest BCUT2D eigenvalue weighted by atomic mass is 19.1. The van der Waals surface area contributed by atoms with Gasteiger partial charge in [0.1, 0.15) is 5.82 Å². The van der Waals surface area contributed by atoms with Crippen molar-refractivity contribution in [1.29, 1.82) is 0 Å². The summed E-state index contributed by atoms with van der Waals surface area (Å²) in [6.07, 6.45) is 4.66. The van der Waals surface area contributed by atoms with Crippen LogP contribution >= 0.6 is 0 Å². The van der Waals surface area contributed by atoms with Crippen molar-refractivity contribution in [2.75, 3.05) is 13.1 Å². The molecule has 1 saturated carbocycles. The van der Waals surface area contributed by atoms with Crippen molar-refractivity contribution in [1.82, 2.24) is 14.9 Å². The third-order valence-electron chi connectivity index (χ3n) is 5.17. The Kier molecular flexibility index (Phi) is 4.24. The van der Waals surface area contributed by atoms with Crippen LogP contribution in [0.25, 0.3) is 11.4 Å². The Labute approximate surface area is 147 Å². The fourth-order valence-corrected chi connectivity index (χ4v) is 3.46. The molecule has 4 rings (SSSR count). The van der Waals surface area contributed by atoms with Crippen LogP contribution in [0.2, 0.25) is 0 Å². The predicted molar refractivity (Wildman–Crippen MR) is 93.5 cm³/mol. The van der Waals surface area contributed by atoms with E-state index in [1.54, 1.807) is 12.1 Å². The van der Waals surface area contributed by atoms with Gasteiger partial charge in [-0.05, 0) is 61.9 Å². The maximum Gasteiger partial charge on any atom is 0.222 e. The Morgan fingerprint density at radius 2 is 1.88 bits per heavy atom. The maximum absolute atomic E-state index is 13.1. The molecule has 1 aromatic carbocycles. The van der Waals surface area contributed by atoms with Crippen LogP contribution in [0.3, 0.4) is 0 Å². The highest BCUT2D eigenvalue weighted by molar-refractivity contribution is 5.77. The molecule has 1 fully saturated rings. The van der Waals surface area contributed by atoms with Crippen LogP contribution in [0.5, 0.6) is 0 Å². The van der Waals surface area contributed by atoms with E-state index in [0.717, 1.165) is 48.4 Å². The third kappa shape index (κ3) is 3.55. The summed E-state index contributed by atoms with van der Waals surface area (Å²) in [7, 11) is 0. The molecule has 2 aliphatic rings. The van der Waals surface area contributed by atoms with Crippen molar-refractivity contribution < 1.29 is 9.18 Å². The zero-order valence-corrected chi connectivity index (χ0v) is 14.5. The van der Waals surface area contributed by atoms with Gasteiger partial charge in [0.15, 0.2) is 5.82 Å². The molecule has 0 saturated heterocycles. The molecule has 0 N–H and O–H groups in total. The number of carbonyl (C=O) groups excluding carboxylic acids is 1. The maximum atomic E-state index is 13.1. The van der Waals surface area contributed by atoms with Crippen LogP contribution in [0.1, 0.15) is 36.2 Å². The zero-order valence-electron chi connectivity index (χ0n) is 14.5. The van der Waals surface area contributed by atoms with E-state index < -0.39 is 0 Å². The number of nitrogens with zero attached hydrogens (tertiary/aromatic N) is 3. The molecule has 1 aliphatic carbocycles. The van der Waals surface area contributed by atoms with Crippen molar-refractivity contribution in [3.8, 4) is 11.4 Å². The van der Waals surface area contributed by atoms with Crippen LogP contribution in [0.4, 0.5) is 4.39 Å². The molecule has 0 spiro atoms. The molecule has 2 aromatic rings. The van der Waals surface area contributed by atoms with E-state index in [1.807, 2.05) is 11.8 Å². The molecule has 25 heavy (non-hydrogen) atoms. The van der Waals surface area contributed by atoms with Gasteiger partial charge in [0.2, 0.25) is 5.91 Å². The molecular formula is C20H22FN3O. The van der Waals surface area contributed by atoms with Gasteiger partial charge in [0.25, 0.3) is 0 Å². The third-order valence-corrected chi connectivity index (χ3v) is 5.17. The van der Waals surface area contributed by atoms with Gasteiger partial charge < -0.3 is 4.90 Å². The van der Waals surface area contributed by atoms with Gasteiger partial charge >= 0.3 is 0 Å². The van der Waals surface area contributed by atoms with E-state index in [-0.39, 0.29) is 11.7 Å². The lowest BCUT2D eigenvalue weighted by Gasteiger charge is -2.20. The Morgan fingerprint density at radius 3 is 2.60 bits per heavy atom. The lowest BCUT2D eigenvalue weighted by atomic mass is 10.1. The van der Waals surface area contributed by atoms with E-state index in [4.69, 9.17) is 4.98 Å². The van der Waals surface area contributed by atoms with Crippen molar-refractivity contribution in [2.24, 2.45) is 5.92 Å². The number of rotatable bonds is 3. The molecule has 1 aromatic heterocycles. The van der Waals surface area contributed by atoms with Crippen LogP contribution in [0, 0.1) is 18.7 Å². The lowest BCUT2D eigenvalue weighted by Crippen LogP contribution is -2.33. The molecule has 4 nitrogen and oxygen atoms in total. The Hall–Kier alpha value is -2.30. The van der Waals surface area contributed by atoms with Crippen molar-refractivity contribution in [2.45, 2.75) is 39.0 Å². The second kappa shape index (κ2) is 6.54. The zero-order chi connectivity index (χ0) is 17.4. The first-order valence-electron chi connectivity index (χ1n) is 9.00. The summed E-state index contributed by atoms with van der Waals surface area (Å²) in [5, 5.41) is 0. The normalized spacial score (nSPS) is 17.1. The summed E-state index contributed by atoms with van der Waals surface area (Å²) < 4.78 is 13.1. The van der Waals surface area contributed by atoms with Crippen LogP contribution in [0.15, 0.2) is 24.3 Å². The smallest absolute Gasteiger partial charge is 0.222 e. The molecule has 1 aliphatic heterocycles. The van der Waals surface area contributed by atoms with Gasteiger partial charge in [-0.3, -0.25) is 4.79 Å². The lowest BCUT2D eigenvalue weighted by molar-refractivity contribution is -0.131. The van der Waals surface area contributed by atoms with Gasteiger partial charge in [-0.25, -0.2) is 14.4 Å². The monoisotopic (exact) mass is 339 g/mol. The number of aryl methyl sites for hydroxylation is 1. The van der Waals surface area contributed by atoms with Gasteiger partial charge in [0, 0.05) is 42.9 Å². The Morgan fingerprint density at radius 1 is 1.16 bits per heavy atom. The fraction of sp³-hybridized carbons (Fsp3) is 0.450. The molecule has 0 unspecified atom stereocenters. The average molecular weight is 339 g/mol. The highest BCUT2D eigenvalue weighted by Gasteiger charge is 2.28. The minimum atomic E-state index is -0.264. The minimum absolute atomic E-state index is 0.264. The quantitative estimate of drug-likeness (QED) is 0.862. The number of benzene rings is 1. The largest absolute Gasteiger partial charge is 0.342 e. The summed E-state index contributed by atoms with van der Waals surface area (Å²) in [6.45, 7) is 3.46. The number of halogens is 1. The molecule has 1 amide bonds. The van der Waals surface area contributed by atoms with Gasteiger partial charge in [-0.2, -0.15) is 0 Å². The van der Waals surface area contributed by atoms with Gasteiger partial charge in [-0.15, -0.1) is 0 Å². The fourth-order valence-electron chi connectivity index (χ4n) is 3.46. The summed E-state index contributed by atoms with van der Waals surface area (Å²) in [5.74, 6) is 1.26. The highest BCUT2D eigenvalue weighted by Crippen LogP contribution is 2.33. The Bertz CT molecular complexity index is 799. The standard InChI is InChI=1S/C20H22FN3O/c1-13-17-8-10-24(19(25)12-14-2-3-14)11-9-18(17)23-20(22-13)15-4-6-16(21)7-5-15/h4-7,14H,2-3,8-12H2,1H3. The molecule has 0 radical (unpaired) electrons.